The van der Waals surface area contributed by atoms with Crippen LogP contribution in [0.1, 0.15) is 22.7 Å². The molecule has 246 valence electrons. The molecule has 2 aromatic heterocycles. The van der Waals surface area contributed by atoms with Crippen LogP contribution in [0.2, 0.25) is 0 Å². The molecule has 52 heavy (non-hydrogen) atoms. The van der Waals surface area contributed by atoms with Crippen molar-refractivity contribution in [3.8, 4) is 56.0 Å². The normalized spacial score (nSPS) is 13.5. The van der Waals surface area contributed by atoms with Gasteiger partial charge in [-0.15, -0.1) is 0 Å². The smallest absolute Gasteiger partial charge is 0.159 e. The van der Waals surface area contributed by atoms with Crippen molar-refractivity contribution in [1.82, 2.24) is 20.3 Å². The van der Waals surface area contributed by atoms with E-state index in [1.165, 1.54) is 11.1 Å². The molecule has 0 amide bonds. The second-order valence-electron chi connectivity index (χ2n) is 12.8. The molecule has 0 radical (unpaired) electrons. The molecule has 1 aliphatic rings. The fraction of sp³-hybridized carbons (Fsp3) is 0.0213. The number of fused-ring (bicyclic) bond motifs is 1. The number of aliphatic imine (C=N–C) groups is 1. The minimum absolute atomic E-state index is 0.0663. The van der Waals surface area contributed by atoms with E-state index in [2.05, 4.69) is 160 Å². The standard InChI is InChI=1S/C47H33N5/c1-3-10-32(11-4-1)38-23-24-42-44(31-38)51-47(52-45(42)36-12-5-2-6-13-36)41-29-39(33-15-19-35(20-16-33)43-14-7-8-25-48-43)28-40(30-41)34-17-21-37(22-18-34)46-49-26-9-27-50-46/h1-31,45H,(H,51,52). The molecule has 1 aliphatic heterocycles. The van der Waals surface area contributed by atoms with Crippen molar-refractivity contribution in [3.63, 3.8) is 0 Å². The van der Waals surface area contributed by atoms with E-state index in [0.29, 0.717) is 5.82 Å². The summed E-state index contributed by atoms with van der Waals surface area (Å²) in [6.07, 6.45) is 5.37. The summed E-state index contributed by atoms with van der Waals surface area (Å²) in [6, 6.07) is 59.3. The molecule has 5 nitrogen and oxygen atoms in total. The van der Waals surface area contributed by atoms with Crippen LogP contribution < -0.4 is 5.32 Å². The number of hydrogen-bond donors (Lipinski definition) is 1. The molecule has 9 rings (SSSR count). The highest BCUT2D eigenvalue weighted by molar-refractivity contribution is 6.04. The van der Waals surface area contributed by atoms with Crippen molar-refractivity contribution in [2.24, 2.45) is 4.99 Å². The molecule has 0 spiro atoms. The van der Waals surface area contributed by atoms with Crippen LogP contribution in [0.5, 0.6) is 0 Å². The van der Waals surface area contributed by atoms with Crippen LogP contribution in [0.3, 0.4) is 0 Å². The van der Waals surface area contributed by atoms with Crippen molar-refractivity contribution >= 4 is 11.5 Å². The van der Waals surface area contributed by atoms with Gasteiger partial charge in [-0.3, -0.25) is 4.98 Å². The predicted octanol–water partition coefficient (Wildman–Crippen LogP) is 11.0. The summed E-state index contributed by atoms with van der Waals surface area (Å²) in [7, 11) is 0. The number of hydrogen-bond acceptors (Lipinski definition) is 5. The predicted molar refractivity (Wildman–Crippen MR) is 211 cm³/mol. The Balaban J connectivity index is 1.18. The molecule has 0 aliphatic carbocycles. The molecule has 1 atom stereocenters. The van der Waals surface area contributed by atoms with E-state index in [4.69, 9.17) is 4.99 Å². The van der Waals surface area contributed by atoms with E-state index in [1.54, 1.807) is 12.4 Å². The molecule has 8 aromatic rings. The van der Waals surface area contributed by atoms with Gasteiger partial charge < -0.3 is 5.32 Å². The zero-order valence-electron chi connectivity index (χ0n) is 28.3. The Labute approximate surface area is 303 Å². The number of nitrogens with zero attached hydrogens (tertiary/aromatic N) is 4. The maximum Gasteiger partial charge on any atom is 0.159 e. The maximum atomic E-state index is 5.34. The second kappa shape index (κ2) is 13.7. The van der Waals surface area contributed by atoms with Gasteiger partial charge in [0, 0.05) is 40.8 Å². The Morgan fingerprint density at radius 2 is 0.942 bits per heavy atom. The number of rotatable bonds is 7. The number of aromatic nitrogens is 3. The Morgan fingerprint density at radius 3 is 1.62 bits per heavy atom. The van der Waals surface area contributed by atoms with E-state index in [0.717, 1.165) is 67.3 Å². The highest BCUT2D eigenvalue weighted by atomic mass is 15.1. The van der Waals surface area contributed by atoms with E-state index in [1.807, 2.05) is 36.5 Å². The molecule has 6 aromatic carbocycles. The van der Waals surface area contributed by atoms with E-state index >= 15 is 0 Å². The molecule has 0 saturated carbocycles. The van der Waals surface area contributed by atoms with Crippen LogP contribution in [0, 0.1) is 0 Å². The van der Waals surface area contributed by atoms with Crippen LogP contribution in [0.25, 0.3) is 56.0 Å². The molecule has 3 heterocycles. The van der Waals surface area contributed by atoms with Gasteiger partial charge >= 0.3 is 0 Å². The lowest BCUT2D eigenvalue weighted by molar-refractivity contribution is 0.749. The van der Waals surface area contributed by atoms with Gasteiger partial charge in [0.25, 0.3) is 0 Å². The van der Waals surface area contributed by atoms with Gasteiger partial charge in [-0.2, -0.15) is 0 Å². The van der Waals surface area contributed by atoms with E-state index in [-0.39, 0.29) is 6.04 Å². The lowest BCUT2D eigenvalue weighted by Gasteiger charge is -2.28. The molecule has 0 fully saturated rings. The summed E-state index contributed by atoms with van der Waals surface area (Å²) in [5, 5.41) is 3.85. The van der Waals surface area contributed by atoms with Gasteiger partial charge in [0.2, 0.25) is 0 Å². The third kappa shape index (κ3) is 6.28. The third-order valence-corrected chi connectivity index (χ3v) is 9.52. The molecule has 0 saturated heterocycles. The second-order valence-corrected chi connectivity index (χ2v) is 12.8. The number of pyridine rings is 1. The highest BCUT2D eigenvalue weighted by Crippen LogP contribution is 2.39. The summed E-state index contributed by atoms with van der Waals surface area (Å²) < 4.78 is 0. The first-order valence-electron chi connectivity index (χ1n) is 17.4. The first-order chi connectivity index (χ1) is 25.7. The van der Waals surface area contributed by atoms with Gasteiger partial charge in [0.05, 0.1) is 17.4 Å². The summed E-state index contributed by atoms with van der Waals surface area (Å²) in [4.78, 5) is 18.8. The lowest BCUT2D eigenvalue weighted by atomic mass is 9.91. The zero-order chi connectivity index (χ0) is 34.7. The Morgan fingerprint density at radius 1 is 0.385 bits per heavy atom. The molecular formula is C47H33N5. The van der Waals surface area contributed by atoms with Crippen LogP contribution in [0.4, 0.5) is 5.69 Å². The molecule has 5 heteroatoms. The fourth-order valence-electron chi connectivity index (χ4n) is 6.84. The van der Waals surface area contributed by atoms with E-state index < -0.39 is 0 Å². The zero-order valence-corrected chi connectivity index (χ0v) is 28.3. The van der Waals surface area contributed by atoms with Crippen LogP contribution in [-0.2, 0) is 0 Å². The van der Waals surface area contributed by atoms with Gasteiger partial charge in [0.1, 0.15) is 5.84 Å². The summed E-state index contributed by atoms with van der Waals surface area (Å²) in [5.74, 6) is 1.53. The third-order valence-electron chi connectivity index (χ3n) is 9.52. The average molecular weight is 668 g/mol. The van der Waals surface area contributed by atoms with Crippen molar-refractivity contribution < 1.29 is 0 Å². The SMILES string of the molecule is c1ccc(-c2ccc3c(c2)N=C(c2cc(-c4ccc(-c5ccccn5)cc4)cc(-c4ccc(-c5ncccn5)cc4)c2)NC3c2ccccc2)cc1. The number of benzene rings is 6. The Bertz CT molecular complexity index is 2400. The van der Waals surface area contributed by atoms with Crippen LogP contribution in [0.15, 0.2) is 193 Å². The van der Waals surface area contributed by atoms with Gasteiger partial charge in [-0.1, -0.05) is 127 Å². The summed E-state index contributed by atoms with van der Waals surface area (Å²) in [5.41, 5.74) is 14.0. The van der Waals surface area contributed by atoms with Crippen LogP contribution >= 0.6 is 0 Å². The Kier molecular flexibility index (Phi) is 8.20. The van der Waals surface area contributed by atoms with Crippen molar-refractivity contribution in [1.29, 1.82) is 0 Å². The quantitative estimate of drug-likeness (QED) is 0.184. The minimum Gasteiger partial charge on any atom is -0.359 e. The lowest BCUT2D eigenvalue weighted by Crippen LogP contribution is -2.32. The first kappa shape index (κ1) is 31.0. The van der Waals surface area contributed by atoms with Crippen molar-refractivity contribution in [3.05, 3.63) is 205 Å². The maximum absolute atomic E-state index is 5.34. The highest BCUT2D eigenvalue weighted by Gasteiger charge is 2.25. The Hall–Kier alpha value is -6.98. The largest absolute Gasteiger partial charge is 0.359 e. The monoisotopic (exact) mass is 667 g/mol. The topological polar surface area (TPSA) is 63.1 Å². The van der Waals surface area contributed by atoms with Crippen LogP contribution in [-0.4, -0.2) is 20.8 Å². The summed E-state index contributed by atoms with van der Waals surface area (Å²) >= 11 is 0. The molecule has 1 unspecified atom stereocenters. The minimum atomic E-state index is -0.0663. The molecule has 1 N–H and O–H groups in total. The number of nitrogens with one attached hydrogen (secondary N) is 1. The summed E-state index contributed by atoms with van der Waals surface area (Å²) in [6.45, 7) is 0. The van der Waals surface area contributed by atoms with Crippen molar-refractivity contribution in [2.45, 2.75) is 6.04 Å². The fourth-order valence-corrected chi connectivity index (χ4v) is 6.84. The van der Waals surface area contributed by atoms with Gasteiger partial charge in [-0.25, -0.2) is 15.0 Å². The van der Waals surface area contributed by atoms with Crippen molar-refractivity contribution in [2.75, 3.05) is 0 Å². The molecule has 0 bridgehead atoms. The average Bonchev–Trinajstić information content (AvgIpc) is 3.24. The van der Waals surface area contributed by atoms with E-state index in [9.17, 15) is 0 Å². The van der Waals surface area contributed by atoms with Gasteiger partial charge in [0.15, 0.2) is 5.82 Å². The molecular weight excluding hydrogens is 635 g/mol. The van der Waals surface area contributed by atoms with Gasteiger partial charge in [-0.05, 0) is 81.4 Å². The first-order valence-corrected chi connectivity index (χ1v) is 17.4. The number of amidine groups is 1.